The smallest absolute Gasteiger partial charge is 0.223 e. The van der Waals surface area contributed by atoms with Crippen molar-refractivity contribution >= 4 is 15.8 Å². The van der Waals surface area contributed by atoms with Crippen molar-refractivity contribution in [2.45, 2.75) is 36.6 Å². The first-order chi connectivity index (χ1) is 10.5. The van der Waals surface area contributed by atoms with Gasteiger partial charge in [-0.3, -0.25) is 0 Å². The van der Waals surface area contributed by atoms with Gasteiger partial charge in [0.2, 0.25) is 5.95 Å². The second-order valence-electron chi connectivity index (χ2n) is 5.90. The Kier molecular flexibility index (Phi) is 3.87. The molecule has 1 aromatic heterocycles. The number of nitrogens with one attached hydrogen (secondary N) is 1. The van der Waals surface area contributed by atoms with E-state index in [2.05, 4.69) is 15.3 Å². The molecule has 0 bridgehead atoms. The minimum Gasteiger partial charge on any atom is -0.348 e. The van der Waals surface area contributed by atoms with E-state index in [0.29, 0.717) is 10.8 Å². The van der Waals surface area contributed by atoms with E-state index in [1.807, 2.05) is 19.1 Å². The van der Waals surface area contributed by atoms with Gasteiger partial charge in [0.15, 0.2) is 9.84 Å². The van der Waals surface area contributed by atoms with Crippen molar-refractivity contribution in [1.29, 1.82) is 0 Å². The molecular formula is C16H19N3O2S. The lowest BCUT2D eigenvalue weighted by Crippen LogP contribution is -2.51. The molecule has 2 aromatic rings. The van der Waals surface area contributed by atoms with E-state index in [1.165, 1.54) is 0 Å². The highest BCUT2D eigenvalue weighted by atomic mass is 32.2. The first-order valence-corrected chi connectivity index (χ1v) is 8.99. The van der Waals surface area contributed by atoms with Crippen LogP contribution in [0.2, 0.25) is 0 Å². The number of hydrogen-bond donors (Lipinski definition) is 1. The standard InChI is InChI=1S/C16H19N3O2S/c1-13-4-6-14(7-5-13)22(20,21)12-16(8-2-9-16)19-15-17-10-3-11-18-15/h3-7,10-11H,2,8-9,12H2,1H3,(H,17,18,19). The Morgan fingerprint density at radius 2 is 1.77 bits per heavy atom. The fourth-order valence-electron chi connectivity index (χ4n) is 2.70. The van der Waals surface area contributed by atoms with E-state index in [4.69, 9.17) is 0 Å². The van der Waals surface area contributed by atoms with Crippen LogP contribution < -0.4 is 5.32 Å². The topological polar surface area (TPSA) is 72.0 Å². The maximum Gasteiger partial charge on any atom is 0.223 e. The first-order valence-electron chi connectivity index (χ1n) is 7.34. The van der Waals surface area contributed by atoms with E-state index in [1.54, 1.807) is 30.6 Å². The van der Waals surface area contributed by atoms with Gasteiger partial charge < -0.3 is 5.32 Å². The molecule has 1 aliphatic carbocycles. The number of anilines is 1. The van der Waals surface area contributed by atoms with Crippen molar-refractivity contribution in [3.63, 3.8) is 0 Å². The number of nitrogens with zero attached hydrogens (tertiary/aromatic N) is 2. The molecule has 1 heterocycles. The van der Waals surface area contributed by atoms with Gasteiger partial charge in [0.05, 0.1) is 16.2 Å². The Morgan fingerprint density at radius 3 is 2.32 bits per heavy atom. The number of hydrogen-bond acceptors (Lipinski definition) is 5. The van der Waals surface area contributed by atoms with Gasteiger partial charge in [-0.15, -0.1) is 0 Å². The third-order valence-electron chi connectivity index (χ3n) is 4.10. The molecule has 0 spiro atoms. The fourth-order valence-corrected chi connectivity index (χ4v) is 4.51. The third kappa shape index (κ3) is 3.11. The molecule has 0 unspecified atom stereocenters. The van der Waals surface area contributed by atoms with Crippen LogP contribution in [0.25, 0.3) is 0 Å². The summed E-state index contributed by atoms with van der Waals surface area (Å²) in [4.78, 5) is 8.66. The minimum absolute atomic E-state index is 0.0707. The molecule has 116 valence electrons. The zero-order chi connectivity index (χ0) is 15.6. The summed E-state index contributed by atoms with van der Waals surface area (Å²) in [5, 5.41) is 3.23. The second-order valence-corrected chi connectivity index (χ2v) is 7.89. The van der Waals surface area contributed by atoms with Crippen LogP contribution in [-0.4, -0.2) is 29.7 Å². The van der Waals surface area contributed by atoms with Crippen molar-refractivity contribution in [3.05, 3.63) is 48.3 Å². The quantitative estimate of drug-likeness (QED) is 0.917. The van der Waals surface area contributed by atoms with Crippen molar-refractivity contribution in [2.24, 2.45) is 0 Å². The molecule has 0 amide bonds. The highest BCUT2D eigenvalue weighted by Crippen LogP contribution is 2.37. The van der Waals surface area contributed by atoms with Gasteiger partial charge in [-0.25, -0.2) is 18.4 Å². The van der Waals surface area contributed by atoms with Crippen LogP contribution in [0.1, 0.15) is 24.8 Å². The highest BCUT2D eigenvalue weighted by Gasteiger charge is 2.42. The maximum absolute atomic E-state index is 12.7. The summed E-state index contributed by atoms with van der Waals surface area (Å²) in [6.07, 6.45) is 5.95. The average molecular weight is 317 g/mol. The molecule has 1 fully saturated rings. The van der Waals surface area contributed by atoms with Crippen LogP contribution >= 0.6 is 0 Å². The molecule has 0 atom stereocenters. The van der Waals surface area contributed by atoms with Crippen LogP contribution in [-0.2, 0) is 9.84 Å². The van der Waals surface area contributed by atoms with Gasteiger partial charge in [-0.1, -0.05) is 17.7 Å². The van der Waals surface area contributed by atoms with Gasteiger partial charge in [-0.2, -0.15) is 0 Å². The summed E-state index contributed by atoms with van der Waals surface area (Å²) in [7, 11) is -3.33. The van der Waals surface area contributed by atoms with Gasteiger partial charge in [0.25, 0.3) is 0 Å². The Bertz CT molecular complexity index is 739. The molecule has 3 rings (SSSR count). The number of benzene rings is 1. The summed E-state index contributed by atoms with van der Waals surface area (Å²) in [5.74, 6) is 0.558. The highest BCUT2D eigenvalue weighted by molar-refractivity contribution is 7.91. The molecule has 0 aliphatic heterocycles. The second kappa shape index (κ2) is 5.68. The lowest BCUT2D eigenvalue weighted by atomic mass is 9.78. The summed E-state index contributed by atoms with van der Waals surface area (Å²) >= 11 is 0. The lowest BCUT2D eigenvalue weighted by molar-refractivity contribution is 0.306. The van der Waals surface area contributed by atoms with Gasteiger partial charge >= 0.3 is 0 Å². The monoisotopic (exact) mass is 317 g/mol. The van der Waals surface area contributed by atoms with E-state index < -0.39 is 15.4 Å². The molecule has 1 saturated carbocycles. The van der Waals surface area contributed by atoms with Crippen LogP contribution in [0.3, 0.4) is 0 Å². The van der Waals surface area contributed by atoms with E-state index >= 15 is 0 Å². The van der Waals surface area contributed by atoms with Crippen LogP contribution in [0.15, 0.2) is 47.6 Å². The van der Waals surface area contributed by atoms with E-state index in [-0.39, 0.29) is 5.75 Å². The molecule has 0 saturated heterocycles. The summed E-state index contributed by atoms with van der Waals surface area (Å²) in [6, 6.07) is 8.75. The zero-order valence-electron chi connectivity index (χ0n) is 12.5. The minimum atomic E-state index is -3.33. The molecule has 1 N–H and O–H groups in total. The van der Waals surface area contributed by atoms with Gasteiger partial charge in [-0.05, 0) is 44.4 Å². The number of sulfone groups is 1. The SMILES string of the molecule is Cc1ccc(S(=O)(=O)CC2(Nc3ncccn3)CCC2)cc1. The van der Waals surface area contributed by atoms with Crippen LogP contribution in [0.5, 0.6) is 0 Å². The summed E-state index contributed by atoms with van der Waals surface area (Å²) in [5.41, 5.74) is 0.596. The van der Waals surface area contributed by atoms with Crippen LogP contribution in [0.4, 0.5) is 5.95 Å². The summed E-state index contributed by atoms with van der Waals surface area (Å²) in [6.45, 7) is 1.94. The normalized spacial score (nSPS) is 16.8. The Balaban J connectivity index is 1.81. The number of aryl methyl sites for hydroxylation is 1. The summed E-state index contributed by atoms with van der Waals surface area (Å²) < 4.78 is 25.3. The van der Waals surface area contributed by atoms with Crippen molar-refractivity contribution in [2.75, 3.05) is 11.1 Å². The van der Waals surface area contributed by atoms with Crippen molar-refractivity contribution in [3.8, 4) is 0 Å². The molecule has 6 heteroatoms. The molecule has 22 heavy (non-hydrogen) atoms. The van der Waals surface area contributed by atoms with Gasteiger partial charge in [0.1, 0.15) is 0 Å². The lowest BCUT2D eigenvalue weighted by Gasteiger charge is -2.42. The van der Waals surface area contributed by atoms with Crippen molar-refractivity contribution < 1.29 is 8.42 Å². The Labute approximate surface area is 130 Å². The third-order valence-corrected chi connectivity index (χ3v) is 6.02. The number of aromatic nitrogens is 2. The molecule has 1 aliphatic rings. The molecule has 5 nitrogen and oxygen atoms in total. The number of rotatable bonds is 5. The molecule has 1 aromatic carbocycles. The Morgan fingerprint density at radius 1 is 1.14 bits per heavy atom. The van der Waals surface area contributed by atoms with Crippen LogP contribution in [0, 0.1) is 6.92 Å². The van der Waals surface area contributed by atoms with E-state index in [9.17, 15) is 8.42 Å². The molecular weight excluding hydrogens is 298 g/mol. The zero-order valence-corrected chi connectivity index (χ0v) is 13.3. The Hall–Kier alpha value is -1.95. The van der Waals surface area contributed by atoms with Crippen molar-refractivity contribution in [1.82, 2.24) is 9.97 Å². The van der Waals surface area contributed by atoms with Gasteiger partial charge in [0, 0.05) is 12.4 Å². The predicted octanol–water partition coefficient (Wildman–Crippen LogP) is 2.59. The molecule has 0 radical (unpaired) electrons. The average Bonchev–Trinajstić information content (AvgIpc) is 2.46. The largest absolute Gasteiger partial charge is 0.348 e. The van der Waals surface area contributed by atoms with E-state index in [0.717, 1.165) is 24.8 Å². The maximum atomic E-state index is 12.7. The fraction of sp³-hybridized carbons (Fsp3) is 0.375. The predicted molar refractivity (Wildman–Crippen MR) is 85.5 cm³/mol. The first kappa shape index (κ1) is 15.0.